The van der Waals surface area contributed by atoms with Crippen LogP contribution in [0, 0.1) is 11.3 Å². The molecular formula is C18H26N2. The van der Waals surface area contributed by atoms with Crippen LogP contribution in [0.2, 0.25) is 0 Å². The molecule has 0 saturated heterocycles. The van der Waals surface area contributed by atoms with Gasteiger partial charge >= 0.3 is 0 Å². The maximum atomic E-state index is 8.29. The molecule has 0 saturated carbocycles. The first-order chi connectivity index (χ1) is 9.86. The van der Waals surface area contributed by atoms with Crippen LogP contribution in [0.4, 0.5) is 0 Å². The van der Waals surface area contributed by atoms with Crippen LogP contribution >= 0.6 is 0 Å². The van der Waals surface area contributed by atoms with Crippen molar-refractivity contribution in [1.82, 2.24) is 0 Å². The molecule has 0 aliphatic heterocycles. The first-order valence-electron chi connectivity index (χ1n) is 7.06. The maximum absolute atomic E-state index is 8.29. The van der Waals surface area contributed by atoms with Gasteiger partial charge in [0, 0.05) is 6.54 Å². The van der Waals surface area contributed by atoms with Crippen molar-refractivity contribution in [1.29, 1.82) is 5.26 Å². The van der Waals surface area contributed by atoms with Gasteiger partial charge in [-0.3, -0.25) is 0 Å². The third kappa shape index (κ3) is 11.0. The molecule has 2 aromatic rings. The van der Waals surface area contributed by atoms with Gasteiger partial charge in [0.15, 0.2) is 0 Å². The normalized spacial score (nSPS) is 7.40. The fourth-order valence-corrected chi connectivity index (χ4v) is 1.13. The fourth-order valence-electron chi connectivity index (χ4n) is 1.13. The fraction of sp³-hybridized carbons (Fsp3) is 0.278. The van der Waals surface area contributed by atoms with Gasteiger partial charge in [0.1, 0.15) is 0 Å². The van der Waals surface area contributed by atoms with Gasteiger partial charge in [-0.2, -0.15) is 5.26 Å². The van der Waals surface area contributed by atoms with Gasteiger partial charge in [-0.15, -0.1) is 0 Å². The molecular weight excluding hydrogens is 244 g/mol. The van der Waals surface area contributed by atoms with Gasteiger partial charge < -0.3 is 5.73 Å². The summed E-state index contributed by atoms with van der Waals surface area (Å²) in [6, 6.07) is 21.2. The smallest absolute Gasteiger partial charge is 0.0991 e. The van der Waals surface area contributed by atoms with Gasteiger partial charge in [0.05, 0.1) is 11.6 Å². The van der Waals surface area contributed by atoms with Crippen LogP contribution in [0.3, 0.4) is 0 Å². The molecule has 20 heavy (non-hydrogen) atoms. The Morgan fingerprint density at radius 2 is 1.20 bits per heavy atom. The molecule has 2 nitrogen and oxygen atoms in total. The van der Waals surface area contributed by atoms with Crippen molar-refractivity contribution in [3.63, 3.8) is 0 Å². The summed E-state index contributed by atoms with van der Waals surface area (Å²) in [5, 5.41) is 8.29. The summed E-state index contributed by atoms with van der Waals surface area (Å²) in [6.45, 7) is 8.64. The molecule has 0 atom stereocenters. The number of nitrogens with two attached hydrogens (primary N) is 1. The van der Waals surface area contributed by atoms with Crippen molar-refractivity contribution < 1.29 is 0 Å². The number of hydrogen-bond donors (Lipinski definition) is 1. The van der Waals surface area contributed by atoms with Gasteiger partial charge in [0.25, 0.3) is 0 Å². The van der Waals surface area contributed by atoms with Crippen LogP contribution in [0.25, 0.3) is 0 Å². The number of nitriles is 1. The van der Waals surface area contributed by atoms with Crippen molar-refractivity contribution in [3.05, 3.63) is 71.8 Å². The van der Waals surface area contributed by atoms with Crippen LogP contribution < -0.4 is 5.73 Å². The molecule has 0 spiro atoms. The second-order valence-electron chi connectivity index (χ2n) is 3.17. The Morgan fingerprint density at radius 1 is 0.800 bits per heavy atom. The molecule has 0 fully saturated rings. The SMILES string of the molecule is CC.CC.N#Cc1ccccc1.NCc1ccccc1. The lowest BCUT2D eigenvalue weighted by molar-refractivity contribution is 1.07. The average Bonchev–Trinajstić information content (AvgIpc) is 2.60. The van der Waals surface area contributed by atoms with Crippen LogP contribution in [0.1, 0.15) is 38.8 Å². The summed E-state index contributed by atoms with van der Waals surface area (Å²) >= 11 is 0. The topological polar surface area (TPSA) is 49.8 Å². The standard InChI is InChI=1S/C7H9N.C7H5N.2C2H6/c2*8-6-7-4-2-1-3-5-7;2*1-2/h1-5H,6,8H2;1-5H;2*1-2H3. The number of benzene rings is 2. The van der Waals surface area contributed by atoms with Gasteiger partial charge in [-0.1, -0.05) is 76.2 Å². The Kier molecular flexibility index (Phi) is 17.1. The molecule has 108 valence electrons. The summed E-state index contributed by atoms with van der Waals surface area (Å²) in [5.74, 6) is 0. The summed E-state index contributed by atoms with van der Waals surface area (Å²) < 4.78 is 0. The Hall–Kier alpha value is -2.11. The first-order valence-corrected chi connectivity index (χ1v) is 7.06. The van der Waals surface area contributed by atoms with E-state index in [-0.39, 0.29) is 0 Å². The maximum Gasteiger partial charge on any atom is 0.0991 e. The lowest BCUT2D eigenvalue weighted by Gasteiger charge is -1.90. The van der Waals surface area contributed by atoms with Crippen molar-refractivity contribution in [2.75, 3.05) is 0 Å². The second-order valence-corrected chi connectivity index (χ2v) is 3.17. The van der Waals surface area contributed by atoms with Crippen molar-refractivity contribution in [2.24, 2.45) is 5.73 Å². The largest absolute Gasteiger partial charge is 0.326 e. The predicted molar refractivity (Wildman–Crippen MR) is 88.2 cm³/mol. The molecule has 2 heteroatoms. The van der Waals surface area contributed by atoms with Crippen LogP contribution in [-0.2, 0) is 6.54 Å². The summed E-state index contributed by atoms with van der Waals surface area (Å²) in [4.78, 5) is 0. The highest BCUT2D eigenvalue weighted by atomic mass is 14.5. The molecule has 0 unspecified atom stereocenters. The minimum atomic E-state index is 0.640. The van der Waals surface area contributed by atoms with Crippen LogP contribution in [-0.4, -0.2) is 0 Å². The zero-order valence-electron chi connectivity index (χ0n) is 13.0. The summed E-state index contributed by atoms with van der Waals surface area (Å²) in [6.07, 6.45) is 0. The predicted octanol–water partition coefficient (Wildman–Crippen LogP) is 4.76. The lowest BCUT2D eigenvalue weighted by Crippen LogP contribution is -1.94. The highest BCUT2D eigenvalue weighted by Gasteiger charge is 1.80. The first kappa shape index (κ1) is 20.2. The number of rotatable bonds is 1. The Labute approximate surface area is 123 Å². The van der Waals surface area contributed by atoms with Crippen molar-refractivity contribution in [2.45, 2.75) is 34.2 Å². The third-order valence-electron chi connectivity index (χ3n) is 1.98. The summed E-state index contributed by atoms with van der Waals surface area (Å²) in [7, 11) is 0. The van der Waals surface area contributed by atoms with Crippen molar-refractivity contribution in [3.8, 4) is 6.07 Å². The van der Waals surface area contributed by atoms with E-state index < -0.39 is 0 Å². The van der Waals surface area contributed by atoms with E-state index in [9.17, 15) is 0 Å². The van der Waals surface area contributed by atoms with Gasteiger partial charge in [-0.25, -0.2) is 0 Å². The van der Waals surface area contributed by atoms with E-state index in [2.05, 4.69) is 0 Å². The highest BCUT2D eigenvalue weighted by molar-refractivity contribution is 5.27. The lowest BCUT2D eigenvalue weighted by atomic mass is 10.2. The van der Waals surface area contributed by atoms with Crippen LogP contribution in [0.5, 0.6) is 0 Å². The van der Waals surface area contributed by atoms with Crippen molar-refractivity contribution >= 4 is 0 Å². The third-order valence-corrected chi connectivity index (χ3v) is 1.98. The molecule has 0 aromatic heterocycles. The van der Waals surface area contributed by atoms with E-state index >= 15 is 0 Å². The molecule has 0 radical (unpaired) electrons. The zero-order chi connectivity index (χ0) is 15.6. The zero-order valence-corrected chi connectivity index (χ0v) is 13.0. The molecule has 0 aliphatic rings. The number of hydrogen-bond acceptors (Lipinski definition) is 2. The van der Waals surface area contributed by atoms with Gasteiger partial charge in [-0.05, 0) is 17.7 Å². The summed E-state index contributed by atoms with van der Waals surface area (Å²) in [5.41, 5.74) is 7.25. The Balaban J connectivity index is 0. The van der Waals surface area contributed by atoms with E-state index in [1.54, 1.807) is 12.1 Å². The Bertz CT molecular complexity index is 430. The monoisotopic (exact) mass is 270 g/mol. The molecule has 0 bridgehead atoms. The van der Waals surface area contributed by atoms with E-state index in [0.717, 1.165) is 0 Å². The quantitative estimate of drug-likeness (QED) is 0.812. The van der Waals surface area contributed by atoms with Gasteiger partial charge in [0.2, 0.25) is 0 Å². The number of nitrogens with zero attached hydrogens (tertiary/aromatic N) is 1. The Morgan fingerprint density at radius 3 is 1.45 bits per heavy atom. The molecule has 2 rings (SSSR count). The minimum absolute atomic E-state index is 0.640. The molecule has 0 heterocycles. The highest BCUT2D eigenvalue weighted by Crippen LogP contribution is 1.94. The van der Waals surface area contributed by atoms with E-state index in [0.29, 0.717) is 12.1 Å². The van der Waals surface area contributed by atoms with Crippen LogP contribution in [0.15, 0.2) is 60.7 Å². The molecule has 0 amide bonds. The average molecular weight is 270 g/mol. The second kappa shape index (κ2) is 16.9. The van der Waals surface area contributed by atoms with E-state index in [1.165, 1.54) is 5.56 Å². The van der Waals surface area contributed by atoms with E-state index in [4.69, 9.17) is 11.0 Å². The molecule has 2 N–H and O–H groups in total. The van der Waals surface area contributed by atoms with E-state index in [1.807, 2.05) is 82.3 Å². The molecule has 0 aliphatic carbocycles. The minimum Gasteiger partial charge on any atom is -0.326 e. The molecule has 2 aromatic carbocycles.